The lowest BCUT2D eigenvalue weighted by molar-refractivity contribution is -0.165. The minimum Gasteiger partial charge on any atom is -0.480 e. The van der Waals surface area contributed by atoms with E-state index < -0.39 is 36.2 Å². The lowest BCUT2D eigenvalue weighted by atomic mass is 10.1. The Morgan fingerprint density at radius 3 is 1.96 bits per heavy atom. The number of fused-ring (bicyclic) bond motifs is 1. The number of nitrogens with two attached hydrogens (primary N) is 1. The standard InChI is InChI=1S/C11H12N2O2.C4H6O6/c12-9(11(14)15)5-7-6-13-10-4-2-1-3-8(7)10;5-1(3(7)8)2(6)4(9)10/h1-4,6,9,13H,5,12H2,(H,14,15);1-2,5-6H,(H,7,8)(H,9,10)/t9-;/m1./s1. The van der Waals surface area contributed by atoms with Gasteiger partial charge in [0.05, 0.1) is 0 Å². The van der Waals surface area contributed by atoms with Gasteiger partial charge in [0, 0.05) is 23.5 Å². The van der Waals surface area contributed by atoms with E-state index in [1.54, 1.807) is 0 Å². The third-order valence-corrected chi connectivity index (χ3v) is 3.24. The zero-order valence-corrected chi connectivity index (χ0v) is 12.9. The summed E-state index contributed by atoms with van der Waals surface area (Å²) in [7, 11) is 0. The Morgan fingerprint density at radius 1 is 0.960 bits per heavy atom. The number of carboxylic acid groups (broad SMARTS) is 3. The van der Waals surface area contributed by atoms with E-state index in [2.05, 4.69) is 4.98 Å². The third kappa shape index (κ3) is 5.57. The van der Waals surface area contributed by atoms with Crippen molar-refractivity contribution in [1.29, 1.82) is 0 Å². The molecule has 0 bridgehead atoms. The Hall–Kier alpha value is -2.95. The van der Waals surface area contributed by atoms with Crippen LogP contribution in [0.1, 0.15) is 5.56 Å². The largest absolute Gasteiger partial charge is 0.480 e. The molecule has 0 radical (unpaired) electrons. The van der Waals surface area contributed by atoms with Crippen LogP contribution >= 0.6 is 0 Å². The summed E-state index contributed by atoms with van der Waals surface area (Å²) in [5, 5.41) is 42.3. The highest BCUT2D eigenvalue weighted by Gasteiger charge is 2.29. The Labute approximate surface area is 141 Å². The van der Waals surface area contributed by atoms with Crippen molar-refractivity contribution >= 4 is 28.8 Å². The number of aliphatic hydroxyl groups excluding tert-OH is 2. The Morgan fingerprint density at radius 2 is 1.48 bits per heavy atom. The Balaban J connectivity index is 0.000000275. The number of carbonyl (C=O) groups is 3. The number of aromatic nitrogens is 1. The molecule has 3 atom stereocenters. The smallest absolute Gasteiger partial charge is 0.335 e. The molecule has 0 saturated heterocycles. The number of hydrogen-bond donors (Lipinski definition) is 7. The van der Waals surface area contributed by atoms with E-state index in [1.807, 2.05) is 30.5 Å². The molecular weight excluding hydrogens is 336 g/mol. The fraction of sp³-hybridized carbons (Fsp3) is 0.267. The Kier molecular flexibility index (Phi) is 7.06. The maximum atomic E-state index is 10.6. The van der Waals surface area contributed by atoms with Crippen molar-refractivity contribution < 1.29 is 39.9 Å². The minimum atomic E-state index is -2.27. The van der Waals surface area contributed by atoms with Crippen molar-refractivity contribution in [2.75, 3.05) is 0 Å². The molecule has 0 aliphatic heterocycles. The topological polar surface area (TPSA) is 194 Å². The first-order valence-electron chi connectivity index (χ1n) is 7.00. The van der Waals surface area contributed by atoms with Crippen LogP contribution in [0.2, 0.25) is 0 Å². The van der Waals surface area contributed by atoms with E-state index in [-0.39, 0.29) is 0 Å². The lowest BCUT2D eigenvalue weighted by Gasteiger charge is -2.07. The average molecular weight is 354 g/mol. The van der Waals surface area contributed by atoms with Gasteiger partial charge >= 0.3 is 17.9 Å². The molecule has 10 nitrogen and oxygen atoms in total. The number of aliphatic carboxylic acids is 3. The second kappa shape index (κ2) is 8.78. The van der Waals surface area contributed by atoms with Crippen LogP contribution in [0.3, 0.4) is 0 Å². The van der Waals surface area contributed by atoms with Gasteiger partial charge in [-0.15, -0.1) is 0 Å². The van der Waals surface area contributed by atoms with Crippen LogP contribution in [0.15, 0.2) is 30.5 Å². The number of aromatic amines is 1. The molecule has 0 fully saturated rings. The van der Waals surface area contributed by atoms with E-state index in [0.717, 1.165) is 16.5 Å². The molecule has 136 valence electrons. The first-order valence-corrected chi connectivity index (χ1v) is 7.00. The average Bonchev–Trinajstić information content (AvgIpc) is 2.97. The van der Waals surface area contributed by atoms with E-state index >= 15 is 0 Å². The van der Waals surface area contributed by atoms with Crippen LogP contribution in [0.4, 0.5) is 0 Å². The van der Waals surface area contributed by atoms with Crippen LogP contribution in [-0.4, -0.2) is 66.7 Å². The molecule has 8 N–H and O–H groups in total. The maximum Gasteiger partial charge on any atom is 0.335 e. The molecule has 25 heavy (non-hydrogen) atoms. The van der Waals surface area contributed by atoms with Gasteiger partial charge in [-0.1, -0.05) is 18.2 Å². The molecule has 0 aliphatic carbocycles. The number of H-pyrrole nitrogens is 1. The fourth-order valence-corrected chi connectivity index (χ4v) is 1.89. The van der Waals surface area contributed by atoms with Crippen molar-refractivity contribution in [2.45, 2.75) is 24.7 Å². The number of benzene rings is 1. The van der Waals surface area contributed by atoms with Crippen molar-refractivity contribution in [1.82, 2.24) is 4.98 Å². The van der Waals surface area contributed by atoms with Gasteiger partial charge in [-0.2, -0.15) is 0 Å². The second-order valence-corrected chi connectivity index (χ2v) is 5.07. The van der Waals surface area contributed by atoms with Gasteiger partial charge in [-0.05, 0) is 11.6 Å². The van der Waals surface area contributed by atoms with Gasteiger partial charge < -0.3 is 36.3 Å². The first kappa shape index (κ1) is 20.1. The number of hydrogen-bond acceptors (Lipinski definition) is 6. The summed E-state index contributed by atoms with van der Waals surface area (Å²) in [5.74, 6) is -4.51. The summed E-state index contributed by atoms with van der Waals surface area (Å²) in [6.07, 6.45) is -2.37. The van der Waals surface area contributed by atoms with Crippen molar-refractivity contribution in [3.05, 3.63) is 36.0 Å². The van der Waals surface area contributed by atoms with E-state index in [4.69, 9.17) is 31.3 Å². The quantitative estimate of drug-likeness (QED) is 0.340. The van der Waals surface area contributed by atoms with E-state index in [0.29, 0.717) is 6.42 Å². The summed E-state index contributed by atoms with van der Waals surface area (Å²) in [5.41, 5.74) is 7.43. The van der Waals surface area contributed by atoms with Crippen molar-refractivity contribution in [3.63, 3.8) is 0 Å². The molecule has 1 heterocycles. The number of para-hydroxylation sites is 1. The van der Waals surface area contributed by atoms with Gasteiger partial charge in [0.25, 0.3) is 0 Å². The van der Waals surface area contributed by atoms with Crippen molar-refractivity contribution in [3.8, 4) is 0 Å². The van der Waals surface area contributed by atoms with Gasteiger partial charge in [0.1, 0.15) is 6.04 Å². The number of nitrogens with one attached hydrogen (secondary N) is 1. The molecule has 10 heteroatoms. The monoisotopic (exact) mass is 354 g/mol. The fourth-order valence-electron chi connectivity index (χ4n) is 1.89. The first-order chi connectivity index (χ1) is 11.6. The van der Waals surface area contributed by atoms with Crippen LogP contribution < -0.4 is 5.73 Å². The zero-order valence-electron chi connectivity index (χ0n) is 12.9. The molecule has 0 saturated carbocycles. The predicted molar refractivity (Wildman–Crippen MR) is 84.9 cm³/mol. The normalized spacial score (nSPS) is 14.0. The molecule has 0 aliphatic rings. The predicted octanol–water partition coefficient (Wildman–Crippen LogP) is -1.00. The van der Waals surface area contributed by atoms with Crippen LogP contribution in [0, 0.1) is 0 Å². The highest BCUT2D eigenvalue weighted by atomic mass is 16.4. The third-order valence-electron chi connectivity index (χ3n) is 3.24. The van der Waals surface area contributed by atoms with E-state index in [1.165, 1.54) is 0 Å². The molecule has 1 aromatic heterocycles. The highest BCUT2D eigenvalue weighted by molar-refractivity contribution is 5.84. The van der Waals surface area contributed by atoms with Crippen LogP contribution in [0.25, 0.3) is 10.9 Å². The zero-order chi connectivity index (χ0) is 19.1. The van der Waals surface area contributed by atoms with Crippen LogP contribution in [-0.2, 0) is 20.8 Å². The summed E-state index contributed by atoms with van der Waals surface area (Å²) >= 11 is 0. The summed E-state index contributed by atoms with van der Waals surface area (Å²) in [4.78, 5) is 33.3. The molecule has 2 aromatic rings. The number of rotatable bonds is 6. The molecular formula is C15H18N2O8. The highest BCUT2D eigenvalue weighted by Crippen LogP contribution is 2.18. The summed E-state index contributed by atoms with van der Waals surface area (Å²) < 4.78 is 0. The lowest BCUT2D eigenvalue weighted by Crippen LogP contribution is -2.39. The van der Waals surface area contributed by atoms with Gasteiger partial charge in [0.2, 0.25) is 0 Å². The number of carboxylic acids is 3. The summed E-state index contributed by atoms with van der Waals surface area (Å²) in [6.45, 7) is 0. The second-order valence-electron chi connectivity index (χ2n) is 5.07. The van der Waals surface area contributed by atoms with E-state index in [9.17, 15) is 14.4 Å². The molecule has 1 aromatic carbocycles. The van der Waals surface area contributed by atoms with Gasteiger partial charge in [-0.25, -0.2) is 9.59 Å². The van der Waals surface area contributed by atoms with Crippen molar-refractivity contribution in [2.24, 2.45) is 5.73 Å². The van der Waals surface area contributed by atoms with Crippen LogP contribution in [0.5, 0.6) is 0 Å². The minimum absolute atomic E-state index is 0.347. The summed E-state index contributed by atoms with van der Waals surface area (Å²) in [6, 6.07) is 6.91. The molecule has 0 spiro atoms. The molecule has 2 unspecified atom stereocenters. The molecule has 2 rings (SSSR count). The number of aliphatic hydroxyl groups is 2. The SMILES string of the molecule is N[C@H](Cc1c[nH]c2ccccc12)C(=O)O.O=C(O)C(O)C(O)C(=O)O. The van der Waals surface area contributed by atoms with Gasteiger partial charge in [0.15, 0.2) is 12.2 Å². The Bertz CT molecular complexity index is 739. The molecule has 0 amide bonds. The van der Waals surface area contributed by atoms with Gasteiger partial charge in [-0.3, -0.25) is 4.79 Å². The maximum absolute atomic E-state index is 10.6.